The molecule has 2 rings (SSSR count). The predicted molar refractivity (Wildman–Crippen MR) is 82.4 cm³/mol. The standard InChI is InChI=1S/C14H18ClFN2O3S/c1-22(20,21)18-6-2-3-11(9-18)14(19)17-8-10-4-5-12(16)7-13(10)15/h4-5,7,11H,2-3,6,8-9H2,1H3,(H,17,19)/t11-/m0/s1. The minimum absolute atomic E-state index is 0.188. The highest BCUT2D eigenvalue weighted by atomic mass is 35.5. The van der Waals surface area contributed by atoms with E-state index >= 15 is 0 Å². The average Bonchev–Trinajstić information content (AvgIpc) is 2.45. The summed E-state index contributed by atoms with van der Waals surface area (Å²) >= 11 is 5.90. The van der Waals surface area contributed by atoms with Crippen molar-refractivity contribution in [2.24, 2.45) is 5.92 Å². The Labute approximate surface area is 134 Å². The number of hydrogen-bond donors (Lipinski definition) is 1. The van der Waals surface area contributed by atoms with Crippen molar-refractivity contribution in [3.63, 3.8) is 0 Å². The molecule has 1 aliphatic heterocycles. The van der Waals surface area contributed by atoms with Crippen molar-refractivity contribution in [2.75, 3.05) is 19.3 Å². The SMILES string of the molecule is CS(=O)(=O)N1CCC[C@H](C(=O)NCc2ccc(F)cc2Cl)C1. The summed E-state index contributed by atoms with van der Waals surface area (Å²) in [6, 6.07) is 3.98. The van der Waals surface area contributed by atoms with Gasteiger partial charge < -0.3 is 5.32 Å². The minimum atomic E-state index is -3.28. The largest absolute Gasteiger partial charge is 0.352 e. The van der Waals surface area contributed by atoms with Crippen molar-refractivity contribution in [3.05, 3.63) is 34.6 Å². The number of nitrogens with one attached hydrogen (secondary N) is 1. The Morgan fingerprint density at radius 1 is 1.50 bits per heavy atom. The highest BCUT2D eigenvalue weighted by Gasteiger charge is 2.29. The van der Waals surface area contributed by atoms with Crippen LogP contribution in [0.3, 0.4) is 0 Å². The molecule has 0 saturated carbocycles. The molecular formula is C14H18ClFN2O3S. The molecule has 0 radical (unpaired) electrons. The maximum atomic E-state index is 13.0. The quantitative estimate of drug-likeness (QED) is 0.901. The number of halogens is 2. The van der Waals surface area contributed by atoms with Crippen LogP contribution in [-0.4, -0.2) is 38.0 Å². The molecule has 8 heteroatoms. The van der Waals surface area contributed by atoms with Gasteiger partial charge in [0, 0.05) is 24.7 Å². The van der Waals surface area contributed by atoms with Crippen LogP contribution in [0.25, 0.3) is 0 Å². The molecule has 1 aromatic rings. The third-order valence-electron chi connectivity index (χ3n) is 3.69. The van der Waals surface area contributed by atoms with E-state index in [4.69, 9.17) is 11.6 Å². The van der Waals surface area contributed by atoms with Gasteiger partial charge in [0.2, 0.25) is 15.9 Å². The molecule has 1 fully saturated rings. The van der Waals surface area contributed by atoms with E-state index in [1.807, 2.05) is 0 Å². The molecule has 1 atom stereocenters. The van der Waals surface area contributed by atoms with E-state index in [1.165, 1.54) is 22.5 Å². The summed E-state index contributed by atoms with van der Waals surface area (Å²) in [5.41, 5.74) is 0.618. The van der Waals surface area contributed by atoms with Gasteiger partial charge in [-0.2, -0.15) is 0 Å². The second kappa shape index (κ2) is 6.93. The van der Waals surface area contributed by atoms with Crippen molar-refractivity contribution in [1.29, 1.82) is 0 Å². The van der Waals surface area contributed by atoms with Gasteiger partial charge in [0.25, 0.3) is 0 Å². The maximum Gasteiger partial charge on any atom is 0.224 e. The van der Waals surface area contributed by atoms with Crippen molar-refractivity contribution >= 4 is 27.5 Å². The number of rotatable bonds is 4. The van der Waals surface area contributed by atoms with Gasteiger partial charge in [-0.3, -0.25) is 4.79 Å². The van der Waals surface area contributed by atoms with Gasteiger partial charge in [0.15, 0.2) is 0 Å². The van der Waals surface area contributed by atoms with Crippen molar-refractivity contribution < 1.29 is 17.6 Å². The van der Waals surface area contributed by atoms with E-state index < -0.39 is 15.8 Å². The van der Waals surface area contributed by atoms with Gasteiger partial charge in [-0.05, 0) is 30.5 Å². The van der Waals surface area contributed by atoms with E-state index in [-0.39, 0.29) is 29.9 Å². The molecule has 1 N–H and O–H groups in total. The lowest BCUT2D eigenvalue weighted by Gasteiger charge is -2.30. The Balaban J connectivity index is 1.94. The number of carbonyl (C=O) groups is 1. The molecule has 1 aliphatic rings. The van der Waals surface area contributed by atoms with E-state index in [0.29, 0.717) is 24.9 Å². The van der Waals surface area contributed by atoms with E-state index in [0.717, 1.165) is 6.26 Å². The van der Waals surface area contributed by atoms with Gasteiger partial charge in [-0.1, -0.05) is 17.7 Å². The Hall–Kier alpha value is -1.18. The van der Waals surface area contributed by atoms with Crippen molar-refractivity contribution in [3.8, 4) is 0 Å². The zero-order chi connectivity index (χ0) is 16.3. The number of nitrogens with zero attached hydrogens (tertiary/aromatic N) is 1. The van der Waals surface area contributed by atoms with Crippen LogP contribution in [0.4, 0.5) is 4.39 Å². The molecule has 0 spiro atoms. The molecule has 0 aliphatic carbocycles. The summed E-state index contributed by atoms with van der Waals surface area (Å²) in [7, 11) is -3.28. The highest BCUT2D eigenvalue weighted by Crippen LogP contribution is 2.20. The van der Waals surface area contributed by atoms with Crippen LogP contribution in [0, 0.1) is 11.7 Å². The van der Waals surface area contributed by atoms with Crippen LogP contribution in [0.15, 0.2) is 18.2 Å². The first-order chi connectivity index (χ1) is 10.3. The first-order valence-electron chi connectivity index (χ1n) is 6.94. The average molecular weight is 349 g/mol. The molecule has 22 heavy (non-hydrogen) atoms. The molecule has 1 saturated heterocycles. The maximum absolute atomic E-state index is 13.0. The Morgan fingerprint density at radius 2 is 2.23 bits per heavy atom. The summed E-state index contributed by atoms with van der Waals surface area (Å²) in [6.45, 7) is 0.835. The van der Waals surface area contributed by atoms with Gasteiger partial charge in [0.1, 0.15) is 5.82 Å². The molecular weight excluding hydrogens is 331 g/mol. The first kappa shape index (κ1) is 17.2. The van der Waals surface area contributed by atoms with Crippen LogP contribution < -0.4 is 5.32 Å². The minimum Gasteiger partial charge on any atom is -0.352 e. The Morgan fingerprint density at radius 3 is 2.86 bits per heavy atom. The van der Waals surface area contributed by atoms with Gasteiger partial charge in [-0.25, -0.2) is 17.1 Å². The summed E-state index contributed by atoms with van der Waals surface area (Å²) in [5, 5.41) is 2.99. The number of amides is 1. The lowest BCUT2D eigenvalue weighted by molar-refractivity contribution is -0.126. The summed E-state index contributed by atoms with van der Waals surface area (Å²) in [5.74, 6) is -1.02. The summed E-state index contributed by atoms with van der Waals surface area (Å²) < 4.78 is 37.4. The molecule has 1 amide bonds. The van der Waals surface area contributed by atoms with Crippen molar-refractivity contribution in [2.45, 2.75) is 19.4 Å². The third kappa shape index (κ3) is 4.41. The second-order valence-electron chi connectivity index (χ2n) is 5.41. The topological polar surface area (TPSA) is 66.5 Å². The lowest BCUT2D eigenvalue weighted by atomic mass is 9.99. The van der Waals surface area contributed by atoms with Gasteiger partial charge in [0.05, 0.1) is 12.2 Å². The molecule has 0 aromatic heterocycles. The van der Waals surface area contributed by atoms with Crippen LogP contribution in [0.5, 0.6) is 0 Å². The van der Waals surface area contributed by atoms with Gasteiger partial charge in [-0.15, -0.1) is 0 Å². The van der Waals surface area contributed by atoms with Crippen LogP contribution in [0.2, 0.25) is 5.02 Å². The first-order valence-corrected chi connectivity index (χ1v) is 9.17. The van der Waals surface area contributed by atoms with Crippen LogP contribution in [0.1, 0.15) is 18.4 Å². The Kier molecular flexibility index (Phi) is 5.41. The van der Waals surface area contributed by atoms with E-state index in [2.05, 4.69) is 5.32 Å². The van der Waals surface area contributed by atoms with E-state index in [9.17, 15) is 17.6 Å². The predicted octanol–water partition coefficient (Wildman–Crippen LogP) is 1.77. The zero-order valence-corrected chi connectivity index (χ0v) is 13.8. The van der Waals surface area contributed by atoms with Crippen LogP contribution >= 0.6 is 11.6 Å². The normalized spacial score (nSPS) is 19.9. The summed E-state index contributed by atoms with van der Waals surface area (Å²) in [6.07, 6.45) is 2.45. The fourth-order valence-electron chi connectivity index (χ4n) is 2.45. The number of sulfonamides is 1. The fourth-order valence-corrected chi connectivity index (χ4v) is 3.59. The smallest absolute Gasteiger partial charge is 0.224 e. The fraction of sp³-hybridized carbons (Fsp3) is 0.500. The molecule has 122 valence electrons. The molecule has 0 bridgehead atoms. The van der Waals surface area contributed by atoms with Crippen molar-refractivity contribution in [1.82, 2.24) is 9.62 Å². The molecule has 1 aromatic carbocycles. The number of benzene rings is 1. The number of carbonyl (C=O) groups excluding carboxylic acids is 1. The lowest BCUT2D eigenvalue weighted by Crippen LogP contribution is -2.44. The van der Waals surface area contributed by atoms with Crippen LogP contribution in [-0.2, 0) is 21.4 Å². The molecule has 1 heterocycles. The second-order valence-corrected chi connectivity index (χ2v) is 7.80. The number of hydrogen-bond acceptors (Lipinski definition) is 3. The third-order valence-corrected chi connectivity index (χ3v) is 5.31. The zero-order valence-electron chi connectivity index (χ0n) is 12.2. The molecule has 0 unspecified atom stereocenters. The monoisotopic (exact) mass is 348 g/mol. The summed E-state index contributed by atoms with van der Waals surface area (Å²) in [4.78, 5) is 12.2. The highest BCUT2D eigenvalue weighted by molar-refractivity contribution is 7.88. The van der Waals surface area contributed by atoms with Gasteiger partial charge >= 0.3 is 0 Å². The van der Waals surface area contributed by atoms with E-state index in [1.54, 1.807) is 0 Å². The number of piperidine rings is 1. The Bertz CT molecular complexity index is 666. The molecule has 5 nitrogen and oxygen atoms in total.